The van der Waals surface area contributed by atoms with Crippen molar-refractivity contribution in [2.24, 2.45) is 10.9 Å². The molecule has 2 amide bonds. The van der Waals surface area contributed by atoms with Gasteiger partial charge in [-0.05, 0) is 19.3 Å². The fraction of sp³-hybridized carbons (Fsp3) is 0.824. The van der Waals surface area contributed by atoms with Crippen LogP contribution in [0.5, 0.6) is 0 Å². The molecule has 7 nitrogen and oxygen atoms in total. The third kappa shape index (κ3) is 7.63. The minimum absolute atomic E-state index is 0. The third-order valence-corrected chi connectivity index (χ3v) is 5.02. The molecule has 0 aromatic heterocycles. The highest BCUT2D eigenvalue weighted by Gasteiger charge is 2.33. The summed E-state index contributed by atoms with van der Waals surface area (Å²) in [5, 5.41) is 5.87. The lowest BCUT2D eigenvalue weighted by atomic mass is 10.1. The molecule has 162 valence electrons. The molecule has 1 heterocycles. The number of halogens is 4. The van der Waals surface area contributed by atoms with E-state index >= 15 is 0 Å². The van der Waals surface area contributed by atoms with E-state index in [1.54, 1.807) is 0 Å². The summed E-state index contributed by atoms with van der Waals surface area (Å²) >= 11 is 0. The molecule has 2 rings (SSSR count). The van der Waals surface area contributed by atoms with Crippen LogP contribution in [0.1, 0.15) is 32.1 Å². The van der Waals surface area contributed by atoms with Gasteiger partial charge >= 0.3 is 6.18 Å². The Balaban J connectivity index is 0.00000392. The summed E-state index contributed by atoms with van der Waals surface area (Å²) in [6, 6.07) is 0.00422. The second kappa shape index (κ2) is 11.1. The Kier molecular flexibility index (Phi) is 9.78. The molecule has 1 saturated heterocycles. The largest absolute Gasteiger partial charge is 0.406 e. The van der Waals surface area contributed by atoms with E-state index in [-0.39, 0.29) is 48.4 Å². The van der Waals surface area contributed by atoms with Crippen molar-refractivity contribution in [2.75, 3.05) is 40.3 Å². The number of likely N-dealkylation sites (tertiary alicyclic amines) is 1. The normalized spacial score (nSPS) is 20.7. The number of hydrogen-bond acceptors (Lipinski definition) is 3. The van der Waals surface area contributed by atoms with Gasteiger partial charge in [-0.25, -0.2) is 0 Å². The van der Waals surface area contributed by atoms with Crippen molar-refractivity contribution < 1.29 is 22.8 Å². The summed E-state index contributed by atoms with van der Waals surface area (Å²) < 4.78 is 37.0. The maximum atomic E-state index is 12.5. The summed E-state index contributed by atoms with van der Waals surface area (Å²) in [4.78, 5) is 30.7. The minimum Gasteiger partial charge on any atom is -0.352 e. The van der Waals surface area contributed by atoms with Gasteiger partial charge in [-0.3, -0.25) is 14.6 Å². The average Bonchev–Trinajstić information content (AvgIpc) is 3.27. The molecule has 1 saturated carbocycles. The quantitative estimate of drug-likeness (QED) is 0.329. The van der Waals surface area contributed by atoms with Crippen LogP contribution in [-0.4, -0.2) is 80.1 Å². The van der Waals surface area contributed by atoms with Crippen molar-refractivity contribution in [3.05, 3.63) is 0 Å². The highest BCUT2D eigenvalue weighted by molar-refractivity contribution is 14.0. The Morgan fingerprint density at radius 3 is 2.43 bits per heavy atom. The number of carbonyl (C=O) groups excluding carboxylic acids is 2. The molecular formula is C17H29F3IN5O2. The van der Waals surface area contributed by atoms with E-state index in [9.17, 15) is 22.8 Å². The topological polar surface area (TPSA) is 77.0 Å². The van der Waals surface area contributed by atoms with Crippen LogP contribution in [0.3, 0.4) is 0 Å². The van der Waals surface area contributed by atoms with E-state index in [4.69, 9.17) is 0 Å². The Morgan fingerprint density at radius 2 is 1.86 bits per heavy atom. The van der Waals surface area contributed by atoms with Crippen LogP contribution in [-0.2, 0) is 9.59 Å². The van der Waals surface area contributed by atoms with Crippen molar-refractivity contribution in [2.45, 2.75) is 44.3 Å². The molecule has 2 N–H and O–H groups in total. The average molecular weight is 519 g/mol. The number of guanidine groups is 1. The Hall–Kier alpha value is -1.27. The molecule has 0 spiro atoms. The molecule has 2 fully saturated rings. The minimum atomic E-state index is -4.43. The van der Waals surface area contributed by atoms with Gasteiger partial charge in [0.15, 0.2) is 5.96 Å². The first-order valence-electron chi connectivity index (χ1n) is 9.26. The van der Waals surface area contributed by atoms with Gasteiger partial charge in [0.25, 0.3) is 0 Å². The number of aliphatic imine (C=N–C) groups is 1. The second-order valence-corrected chi connectivity index (χ2v) is 7.19. The van der Waals surface area contributed by atoms with Crippen molar-refractivity contribution in [3.63, 3.8) is 0 Å². The highest BCUT2D eigenvalue weighted by Crippen LogP contribution is 2.27. The van der Waals surface area contributed by atoms with Gasteiger partial charge in [0, 0.05) is 39.1 Å². The van der Waals surface area contributed by atoms with E-state index < -0.39 is 18.6 Å². The summed E-state index contributed by atoms with van der Waals surface area (Å²) in [6.45, 7) is -0.334. The van der Waals surface area contributed by atoms with Crippen molar-refractivity contribution in [1.82, 2.24) is 20.4 Å². The summed E-state index contributed by atoms with van der Waals surface area (Å²) in [7, 11) is 2.63. The van der Waals surface area contributed by atoms with Gasteiger partial charge in [-0.15, -0.1) is 24.0 Å². The molecule has 0 bridgehead atoms. The number of nitrogens with zero attached hydrogens (tertiary/aromatic N) is 3. The second-order valence-electron chi connectivity index (χ2n) is 7.19. The molecule has 28 heavy (non-hydrogen) atoms. The van der Waals surface area contributed by atoms with E-state index in [1.165, 1.54) is 7.05 Å². The predicted molar refractivity (Wildman–Crippen MR) is 111 cm³/mol. The van der Waals surface area contributed by atoms with E-state index in [2.05, 4.69) is 15.6 Å². The van der Waals surface area contributed by atoms with E-state index in [0.717, 1.165) is 39.2 Å². The van der Waals surface area contributed by atoms with Crippen LogP contribution in [0.2, 0.25) is 0 Å². The summed E-state index contributed by atoms with van der Waals surface area (Å²) in [5.74, 6) is 0.00957. The Bertz CT molecular complexity index is 567. The first kappa shape index (κ1) is 24.8. The fourth-order valence-corrected chi connectivity index (χ4v) is 3.55. The zero-order valence-electron chi connectivity index (χ0n) is 16.2. The molecule has 0 aromatic carbocycles. The van der Waals surface area contributed by atoms with Crippen LogP contribution in [0.25, 0.3) is 0 Å². The zero-order chi connectivity index (χ0) is 20.0. The lowest BCUT2D eigenvalue weighted by Gasteiger charge is -2.22. The van der Waals surface area contributed by atoms with Gasteiger partial charge < -0.3 is 20.4 Å². The van der Waals surface area contributed by atoms with Gasteiger partial charge in [-0.1, -0.05) is 12.8 Å². The molecule has 1 atom stereocenters. The van der Waals surface area contributed by atoms with Crippen molar-refractivity contribution in [1.29, 1.82) is 0 Å². The predicted octanol–water partition coefficient (Wildman–Crippen LogP) is 1.58. The molecule has 1 aliphatic carbocycles. The molecule has 2 aliphatic rings. The SMILES string of the molecule is CN=C(NCC(=O)N(C)CC(F)(F)F)NC1CCN(C(=O)C2CCCC2)C1.I. The molecule has 1 aliphatic heterocycles. The van der Waals surface area contributed by atoms with Crippen LogP contribution in [0.4, 0.5) is 13.2 Å². The number of carbonyl (C=O) groups is 2. The number of rotatable bonds is 5. The molecule has 0 radical (unpaired) electrons. The van der Waals surface area contributed by atoms with Gasteiger partial charge in [0.1, 0.15) is 6.54 Å². The number of hydrogen-bond donors (Lipinski definition) is 2. The summed E-state index contributed by atoms with van der Waals surface area (Å²) in [5.41, 5.74) is 0. The molecular weight excluding hydrogens is 490 g/mol. The lowest BCUT2D eigenvalue weighted by molar-refractivity contribution is -0.157. The smallest absolute Gasteiger partial charge is 0.352 e. The van der Waals surface area contributed by atoms with E-state index in [1.807, 2.05) is 4.90 Å². The van der Waals surface area contributed by atoms with Gasteiger partial charge in [0.05, 0.1) is 6.54 Å². The number of alkyl halides is 3. The van der Waals surface area contributed by atoms with Gasteiger partial charge in [-0.2, -0.15) is 13.2 Å². The highest BCUT2D eigenvalue weighted by atomic mass is 127. The lowest BCUT2D eigenvalue weighted by Crippen LogP contribution is -2.49. The van der Waals surface area contributed by atoms with Crippen molar-refractivity contribution >= 4 is 41.8 Å². The first-order valence-corrected chi connectivity index (χ1v) is 9.26. The van der Waals surface area contributed by atoms with Crippen LogP contribution in [0.15, 0.2) is 4.99 Å². The maximum absolute atomic E-state index is 12.5. The molecule has 0 aromatic rings. The number of amides is 2. The first-order chi connectivity index (χ1) is 12.7. The van der Waals surface area contributed by atoms with Crippen molar-refractivity contribution in [3.8, 4) is 0 Å². The number of nitrogens with one attached hydrogen (secondary N) is 2. The van der Waals surface area contributed by atoms with E-state index in [0.29, 0.717) is 23.9 Å². The third-order valence-electron chi connectivity index (χ3n) is 5.02. The standard InChI is InChI=1S/C17H28F3N5O2.HI/c1-21-16(22-9-14(26)24(2)11-17(18,19)20)23-13-7-8-25(10-13)15(27)12-5-3-4-6-12;/h12-13H,3-11H2,1-2H3,(H2,21,22,23);1H. The fourth-order valence-electron chi connectivity index (χ4n) is 3.55. The zero-order valence-corrected chi connectivity index (χ0v) is 18.5. The summed E-state index contributed by atoms with van der Waals surface area (Å²) in [6.07, 6.45) is 0.484. The maximum Gasteiger partial charge on any atom is 0.406 e. The van der Waals surface area contributed by atoms with Crippen LogP contribution >= 0.6 is 24.0 Å². The Morgan fingerprint density at radius 1 is 1.21 bits per heavy atom. The van der Waals surface area contributed by atoms with Crippen LogP contribution in [0, 0.1) is 5.92 Å². The van der Waals surface area contributed by atoms with Crippen LogP contribution < -0.4 is 10.6 Å². The molecule has 11 heteroatoms. The number of likely N-dealkylation sites (N-methyl/N-ethyl adjacent to an activating group) is 1. The van der Waals surface area contributed by atoms with Gasteiger partial charge in [0.2, 0.25) is 11.8 Å². The monoisotopic (exact) mass is 519 g/mol. The molecule has 1 unspecified atom stereocenters. The Labute approximate surface area is 180 Å².